The molecule has 3 aromatic carbocycles. The SMILES string of the molecule is CC(F)(F)CN1C(=O)c2[nH]nc(-c3cccc4[nH]c(=O)oc34)c2C1c1ccc(Oc2ccc(OC(F)(F)F)cc2)cc1Cl. The van der Waals surface area contributed by atoms with Crippen molar-refractivity contribution in [3.8, 4) is 28.5 Å². The van der Waals surface area contributed by atoms with Crippen LogP contribution in [0.15, 0.2) is 69.9 Å². The number of aromatic amines is 2. The highest BCUT2D eigenvalue weighted by atomic mass is 35.5. The van der Waals surface area contributed by atoms with Crippen LogP contribution in [-0.4, -0.2) is 44.8 Å². The van der Waals surface area contributed by atoms with Crippen LogP contribution < -0.4 is 15.2 Å². The predicted molar refractivity (Wildman–Crippen MR) is 143 cm³/mol. The molecule has 0 fully saturated rings. The van der Waals surface area contributed by atoms with Crippen LogP contribution in [0.25, 0.3) is 22.4 Å². The third-order valence-corrected chi connectivity index (χ3v) is 6.90. The molecule has 6 rings (SSSR count). The molecule has 1 atom stereocenters. The van der Waals surface area contributed by atoms with E-state index in [2.05, 4.69) is 19.9 Å². The van der Waals surface area contributed by atoms with Gasteiger partial charge in [0.15, 0.2) is 5.58 Å². The number of nitrogens with zero attached hydrogens (tertiary/aromatic N) is 2. The lowest BCUT2D eigenvalue weighted by molar-refractivity contribution is -0.274. The number of rotatable bonds is 7. The number of hydrogen-bond acceptors (Lipinski definition) is 6. The monoisotopic (exact) mass is 620 g/mol. The molecule has 2 N–H and O–H groups in total. The van der Waals surface area contributed by atoms with Crippen molar-refractivity contribution < 1.29 is 40.6 Å². The number of carbonyl (C=O) groups excluding carboxylic acids is 1. The fourth-order valence-corrected chi connectivity index (χ4v) is 5.26. The van der Waals surface area contributed by atoms with E-state index in [1.165, 1.54) is 30.3 Å². The molecule has 222 valence electrons. The van der Waals surface area contributed by atoms with Crippen LogP contribution in [0.3, 0.4) is 0 Å². The summed E-state index contributed by atoms with van der Waals surface area (Å²) < 4.78 is 80.8. The molecule has 15 heteroatoms. The standard InChI is InChI=1S/C28H18ClF5N4O5/c1-27(30,31)12-38-23(16-10-9-15(11-18(16)29)41-13-5-7-14(8-6-13)43-28(32,33)34)20-21(36-37-22(20)25(38)39)17-3-2-4-19-24(17)42-26(40)35-19/h2-11,23H,12H2,1H3,(H,35,40)(H,36,37). The van der Waals surface area contributed by atoms with Gasteiger partial charge in [-0.2, -0.15) is 5.10 Å². The fraction of sp³-hybridized carbons (Fsp3) is 0.179. The minimum Gasteiger partial charge on any atom is -0.457 e. The molecular weight excluding hydrogens is 603 g/mol. The summed E-state index contributed by atoms with van der Waals surface area (Å²) in [4.78, 5) is 28.8. The average Bonchev–Trinajstić information content (AvgIpc) is 3.57. The number of nitrogens with one attached hydrogen (secondary N) is 2. The molecule has 1 amide bonds. The first-order chi connectivity index (χ1) is 20.3. The van der Waals surface area contributed by atoms with E-state index < -0.39 is 42.3 Å². The van der Waals surface area contributed by atoms with Gasteiger partial charge >= 0.3 is 12.1 Å². The summed E-state index contributed by atoms with van der Waals surface area (Å²) >= 11 is 6.64. The number of oxazole rings is 1. The van der Waals surface area contributed by atoms with Gasteiger partial charge in [0, 0.05) is 23.1 Å². The van der Waals surface area contributed by atoms with Crippen molar-refractivity contribution in [3.63, 3.8) is 0 Å². The quantitative estimate of drug-likeness (QED) is 0.188. The molecule has 9 nitrogen and oxygen atoms in total. The van der Waals surface area contributed by atoms with Crippen molar-refractivity contribution in [1.82, 2.24) is 20.1 Å². The first-order valence-electron chi connectivity index (χ1n) is 12.5. The Kier molecular flexibility index (Phi) is 6.68. The Morgan fingerprint density at radius 3 is 2.37 bits per heavy atom. The van der Waals surface area contributed by atoms with Gasteiger partial charge in [0.2, 0.25) is 0 Å². The highest BCUT2D eigenvalue weighted by Gasteiger charge is 2.46. The van der Waals surface area contributed by atoms with Crippen molar-refractivity contribution in [2.75, 3.05) is 6.54 Å². The van der Waals surface area contributed by atoms with Crippen LogP contribution in [0.1, 0.15) is 34.6 Å². The molecule has 5 aromatic rings. The van der Waals surface area contributed by atoms with Crippen LogP contribution in [0.4, 0.5) is 22.0 Å². The van der Waals surface area contributed by atoms with E-state index in [1.54, 1.807) is 18.2 Å². The second-order valence-electron chi connectivity index (χ2n) is 9.77. The third-order valence-electron chi connectivity index (χ3n) is 6.57. The van der Waals surface area contributed by atoms with Crippen LogP contribution in [0.2, 0.25) is 5.02 Å². The lowest BCUT2D eigenvalue weighted by Crippen LogP contribution is -2.38. The van der Waals surface area contributed by atoms with Crippen molar-refractivity contribution in [2.24, 2.45) is 0 Å². The van der Waals surface area contributed by atoms with Gasteiger partial charge in [-0.25, -0.2) is 13.6 Å². The zero-order valence-electron chi connectivity index (χ0n) is 21.8. The van der Waals surface area contributed by atoms with Crippen LogP contribution >= 0.6 is 11.6 Å². The summed E-state index contributed by atoms with van der Waals surface area (Å²) in [6.07, 6.45) is -4.85. The number of para-hydroxylation sites is 1. The Hall–Kier alpha value is -4.85. The van der Waals surface area contributed by atoms with E-state index in [-0.39, 0.29) is 44.6 Å². The van der Waals surface area contributed by atoms with Gasteiger partial charge in [0.25, 0.3) is 11.8 Å². The van der Waals surface area contributed by atoms with Gasteiger partial charge in [-0.05, 0) is 54.1 Å². The maximum Gasteiger partial charge on any atom is 0.573 e. The molecule has 0 saturated heterocycles. The number of halogens is 6. The summed E-state index contributed by atoms with van der Waals surface area (Å²) in [6, 6.07) is 12.7. The Morgan fingerprint density at radius 2 is 1.70 bits per heavy atom. The zero-order chi connectivity index (χ0) is 30.7. The summed E-state index contributed by atoms with van der Waals surface area (Å²) in [5, 5.41) is 6.96. The first-order valence-corrected chi connectivity index (χ1v) is 12.9. The Balaban J connectivity index is 1.39. The van der Waals surface area contributed by atoms with Crippen LogP contribution in [-0.2, 0) is 0 Å². The fourth-order valence-electron chi connectivity index (χ4n) is 4.99. The lowest BCUT2D eigenvalue weighted by Gasteiger charge is -2.29. The molecule has 1 unspecified atom stereocenters. The first kappa shape index (κ1) is 28.3. The molecule has 0 bridgehead atoms. The number of benzene rings is 3. The number of alkyl halides is 5. The normalized spacial score (nSPS) is 15.3. The molecule has 0 spiro atoms. The zero-order valence-corrected chi connectivity index (χ0v) is 22.5. The summed E-state index contributed by atoms with van der Waals surface area (Å²) in [6.45, 7) is -0.259. The Morgan fingerprint density at radius 1 is 1.00 bits per heavy atom. The summed E-state index contributed by atoms with van der Waals surface area (Å²) in [5.74, 6) is -4.80. The van der Waals surface area contributed by atoms with E-state index in [0.717, 1.165) is 17.0 Å². The highest BCUT2D eigenvalue weighted by Crippen LogP contribution is 2.47. The van der Waals surface area contributed by atoms with E-state index >= 15 is 0 Å². The maximum absolute atomic E-state index is 14.3. The molecular formula is C28H18ClF5N4O5. The highest BCUT2D eigenvalue weighted by molar-refractivity contribution is 6.31. The van der Waals surface area contributed by atoms with Gasteiger partial charge in [-0.3, -0.25) is 14.9 Å². The Bertz CT molecular complexity index is 1910. The molecule has 0 saturated carbocycles. The number of amides is 1. The molecule has 0 aliphatic carbocycles. The average molecular weight is 621 g/mol. The second-order valence-corrected chi connectivity index (χ2v) is 10.2. The van der Waals surface area contributed by atoms with Crippen LogP contribution in [0, 0.1) is 0 Å². The van der Waals surface area contributed by atoms with Crippen LogP contribution in [0.5, 0.6) is 17.2 Å². The van der Waals surface area contributed by atoms with Gasteiger partial charge < -0.3 is 18.8 Å². The van der Waals surface area contributed by atoms with Crippen molar-refractivity contribution >= 4 is 28.6 Å². The number of fused-ring (bicyclic) bond motifs is 2. The Labute approximate surface area is 242 Å². The summed E-state index contributed by atoms with van der Waals surface area (Å²) in [5.41, 5.74) is 1.55. The topological polar surface area (TPSA) is 113 Å². The van der Waals surface area contributed by atoms with Gasteiger partial charge in [-0.15, -0.1) is 13.2 Å². The van der Waals surface area contributed by atoms with Crippen molar-refractivity contribution in [2.45, 2.75) is 25.3 Å². The minimum absolute atomic E-state index is 0.0308. The number of ether oxygens (including phenoxy) is 2. The van der Waals surface area contributed by atoms with Gasteiger partial charge in [0.1, 0.15) is 28.6 Å². The molecule has 2 aromatic heterocycles. The molecule has 1 aliphatic rings. The smallest absolute Gasteiger partial charge is 0.457 e. The number of aromatic nitrogens is 3. The van der Waals surface area contributed by atoms with Crippen molar-refractivity contribution in [1.29, 1.82) is 0 Å². The van der Waals surface area contributed by atoms with Gasteiger partial charge in [0.05, 0.1) is 18.1 Å². The van der Waals surface area contributed by atoms with E-state index in [0.29, 0.717) is 18.0 Å². The van der Waals surface area contributed by atoms with Gasteiger partial charge in [-0.1, -0.05) is 23.7 Å². The number of hydrogen-bond donors (Lipinski definition) is 2. The van der Waals surface area contributed by atoms with E-state index in [1.807, 2.05) is 0 Å². The molecule has 1 aliphatic heterocycles. The molecule has 43 heavy (non-hydrogen) atoms. The minimum atomic E-state index is -4.85. The third kappa shape index (κ3) is 5.52. The second kappa shape index (κ2) is 10.2. The molecule has 0 radical (unpaired) electrons. The summed E-state index contributed by atoms with van der Waals surface area (Å²) in [7, 11) is 0. The number of carbonyl (C=O) groups is 1. The largest absolute Gasteiger partial charge is 0.573 e. The predicted octanol–water partition coefficient (Wildman–Crippen LogP) is 7.06. The molecule has 3 heterocycles. The number of H-pyrrole nitrogens is 2. The van der Waals surface area contributed by atoms with E-state index in [4.69, 9.17) is 20.8 Å². The van der Waals surface area contributed by atoms with Crippen molar-refractivity contribution in [3.05, 3.63) is 93.1 Å². The maximum atomic E-state index is 14.3. The lowest BCUT2D eigenvalue weighted by atomic mass is 9.95. The van der Waals surface area contributed by atoms with E-state index in [9.17, 15) is 31.5 Å².